The van der Waals surface area contributed by atoms with Crippen molar-refractivity contribution in [2.24, 2.45) is 0 Å². The van der Waals surface area contributed by atoms with E-state index < -0.39 is 6.10 Å². The van der Waals surface area contributed by atoms with Crippen molar-refractivity contribution in [3.63, 3.8) is 0 Å². The van der Waals surface area contributed by atoms with Gasteiger partial charge >= 0.3 is 17.9 Å². The Morgan fingerprint density at radius 2 is 0.512 bits per heavy atom. The molecule has 0 heterocycles. The number of carbonyl (C=O) groups is 3. The first-order valence-corrected chi connectivity index (χ1v) is 34.6. The highest BCUT2D eigenvalue weighted by Crippen LogP contribution is 2.18. The van der Waals surface area contributed by atoms with Crippen molar-refractivity contribution in [1.82, 2.24) is 0 Å². The predicted molar refractivity (Wildman–Crippen MR) is 348 cm³/mol. The molecular weight excluding hydrogens is 985 g/mol. The maximum absolute atomic E-state index is 12.9. The number of hydrogen-bond acceptors (Lipinski definition) is 6. The fourth-order valence-electron chi connectivity index (χ4n) is 9.98. The van der Waals surface area contributed by atoms with E-state index in [1.54, 1.807) is 0 Å². The van der Waals surface area contributed by atoms with Crippen LogP contribution in [0.25, 0.3) is 0 Å². The summed E-state index contributed by atoms with van der Waals surface area (Å²) in [7, 11) is 0. The van der Waals surface area contributed by atoms with Gasteiger partial charge in [0.2, 0.25) is 0 Å². The van der Waals surface area contributed by atoms with Gasteiger partial charge in [0.15, 0.2) is 6.10 Å². The Labute approximate surface area is 496 Å². The summed E-state index contributed by atoms with van der Waals surface area (Å²) in [5.41, 5.74) is 0. The zero-order chi connectivity index (χ0) is 57.8. The number of esters is 3. The second kappa shape index (κ2) is 68.1. The lowest BCUT2D eigenvalue weighted by atomic mass is 10.0. The molecule has 0 aromatic carbocycles. The minimum Gasteiger partial charge on any atom is -0.462 e. The third-order valence-corrected chi connectivity index (χ3v) is 15.1. The molecule has 0 spiro atoms. The summed E-state index contributed by atoms with van der Waals surface area (Å²) in [4.78, 5) is 38.3. The average molecular weight is 1120 g/mol. The standard InChI is InChI=1S/C74H130O6/c1-4-7-10-13-16-19-22-24-26-28-29-30-31-32-33-34-35-36-37-38-39-40-41-42-43-44-45-47-48-50-52-55-58-61-64-67-73(76)79-70-71(69-78-72(75)66-63-60-57-54-21-18-15-12-9-6-3)80-74(77)68-65-62-59-56-53-51-49-46-27-25-23-20-17-14-11-8-5-2/h7,10,12,15-16,19,24,26,29-30,32-33,35-36,71H,4-6,8-9,11,13-14,17-18,20-23,25,27-28,31,34,37-70H2,1-3H3/b10-7-,15-12-,19-16-,26-24-,30-29-,33-32-,36-35-. The highest BCUT2D eigenvalue weighted by molar-refractivity contribution is 5.71. The van der Waals surface area contributed by atoms with Crippen LogP contribution >= 0.6 is 0 Å². The Hall–Kier alpha value is -3.41. The van der Waals surface area contributed by atoms with Crippen LogP contribution in [0.1, 0.15) is 348 Å². The molecule has 0 aromatic rings. The van der Waals surface area contributed by atoms with Crippen LogP contribution in [-0.4, -0.2) is 37.2 Å². The summed E-state index contributed by atoms with van der Waals surface area (Å²) < 4.78 is 16.9. The third-order valence-electron chi connectivity index (χ3n) is 15.1. The average Bonchev–Trinajstić information content (AvgIpc) is 3.46. The first kappa shape index (κ1) is 76.6. The van der Waals surface area contributed by atoms with Gasteiger partial charge in [-0.15, -0.1) is 0 Å². The van der Waals surface area contributed by atoms with E-state index in [1.165, 1.54) is 199 Å². The number of carbonyl (C=O) groups excluding carboxylic acids is 3. The molecule has 462 valence electrons. The molecule has 1 unspecified atom stereocenters. The molecular formula is C74H130O6. The Morgan fingerprint density at radius 3 is 0.825 bits per heavy atom. The minimum absolute atomic E-state index is 0.0735. The number of rotatable bonds is 63. The van der Waals surface area contributed by atoms with Gasteiger partial charge in [-0.3, -0.25) is 14.4 Å². The molecule has 0 fully saturated rings. The van der Waals surface area contributed by atoms with Crippen molar-refractivity contribution in [3.8, 4) is 0 Å². The van der Waals surface area contributed by atoms with Gasteiger partial charge < -0.3 is 14.2 Å². The lowest BCUT2D eigenvalue weighted by molar-refractivity contribution is -0.167. The maximum Gasteiger partial charge on any atom is 0.306 e. The lowest BCUT2D eigenvalue weighted by Gasteiger charge is -2.18. The van der Waals surface area contributed by atoms with Crippen LogP contribution in [0.4, 0.5) is 0 Å². The zero-order valence-corrected chi connectivity index (χ0v) is 53.1. The summed E-state index contributed by atoms with van der Waals surface area (Å²) in [5.74, 6) is -0.866. The predicted octanol–water partition coefficient (Wildman–Crippen LogP) is 23.8. The van der Waals surface area contributed by atoms with Gasteiger partial charge in [-0.05, 0) is 89.9 Å². The van der Waals surface area contributed by atoms with Crippen molar-refractivity contribution in [2.45, 2.75) is 354 Å². The van der Waals surface area contributed by atoms with E-state index in [9.17, 15) is 14.4 Å². The smallest absolute Gasteiger partial charge is 0.306 e. The lowest BCUT2D eigenvalue weighted by Crippen LogP contribution is -2.30. The Bertz CT molecular complexity index is 1520. The van der Waals surface area contributed by atoms with Gasteiger partial charge in [-0.25, -0.2) is 0 Å². The Balaban J connectivity index is 4.08. The molecule has 0 aliphatic rings. The highest BCUT2D eigenvalue weighted by atomic mass is 16.6. The zero-order valence-electron chi connectivity index (χ0n) is 53.1. The molecule has 0 N–H and O–H groups in total. The molecule has 0 saturated heterocycles. The maximum atomic E-state index is 12.9. The van der Waals surface area contributed by atoms with Crippen LogP contribution in [-0.2, 0) is 28.6 Å². The molecule has 0 bridgehead atoms. The van der Waals surface area contributed by atoms with Gasteiger partial charge in [0.05, 0.1) is 0 Å². The summed E-state index contributed by atoms with van der Waals surface area (Å²) in [6, 6.07) is 0. The van der Waals surface area contributed by atoms with E-state index in [0.717, 1.165) is 109 Å². The number of allylic oxidation sites excluding steroid dienone is 14. The van der Waals surface area contributed by atoms with Crippen LogP contribution in [0.15, 0.2) is 85.1 Å². The van der Waals surface area contributed by atoms with Crippen LogP contribution < -0.4 is 0 Å². The fourth-order valence-corrected chi connectivity index (χ4v) is 9.98. The summed E-state index contributed by atoms with van der Waals surface area (Å²) in [6.45, 7) is 6.50. The largest absolute Gasteiger partial charge is 0.462 e. The monoisotopic (exact) mass is 1110 g/mol. The molecule has 0 saturated carbocycles. The molecule has 0 rings (SSSR count). The third kappa shape index (κ3) is 65.4. The quantitative estimate of drug-likeness (QED) is 0.0261. The second-order valence-corrected chi connectivity index (χ2v) is 23.1. The van der Waals surface area contributed by atoms with Crippen molar-refractivity contribution in [3.05, 3.63) is 85.1 Å². The summed E-state index contributed by atoms with van der Waals surface area (Å²) in [6.07, 6.45) is 90.5. The molecule has 0 radical (unpaired) electrons. The first-order valence-electron chi connectivity index (χ1n) is 34.6. The van der Waals surface area contributed by atoms with Crippen molar-refractivity contribution >= 4 is 17.9 Å². The van der Waals surface area contributed by atoms with Gasteiger partial charge in [-0.2, -0.15) is 0 Å². The van der Waals surface area contributed by atoms with E-state index in [1.807, 2.05) is 0 Å². The second-order valence-electron chi connectivity index (χ2n) is 23.1. The molecule has 0 aliphatic heterocycles. The van der Waals surface area contributed by atoms with Gasteiger partial charge in [0, 0.05) is 19.3 Å². The van der Waals surface area contributed by atoms with E-state index in [4.69, 9.17) is 14.2 Å². The molecule has 0 aromatic heterocycles. The molecule has 0 aliphatic carbocycles. The van der Waals surface area contributed by atoms with E-state index >= 15 is 0 Å². The van der Waals surface area contributed by atoms with Crippen LogP contribution in [0.5, 0.6) is 0 Å². The number of ether oxygens (including phenoxy) is 3. The normalized spacial score (nSPS) is 12.6. The molecule has 6 heteroatoms. The molecule has 0 amide bonds. The van der Waals surface area contributed by atoms with Gasteiger partial charge in [0.25, 0.3) is 0 Å². The van der Waals surface area contributed by atoms with Crippen molar-refractivity contribution in [2.75, 3.05) is 13.2 Å². The Kier molecular flexibility index (Phi) is 65.2. The van der Waals surface area contributed by atoms with Gasteiger partial charge in [-0.1, -0.05) is 324 Å². The fraction of sp³-hybridized carbons (Fsp3) is 0.770. The molecule has 80 heavy (non-hydrogen) atoms. The number of unbranched alkanes of at least 4 members (excludes halogenated alkanes) is 38. The summed E-state index contributed by atoms with van der Waals surface area (Å²) in [5, 5.41) is 0. The number of hydrogen-bond donors (Lipinski definition) is 0. The highest BCUT2D eigenvalue weighted by Gasteiger charge is 2.19. The van der Waals surface area contributed by atoms with E-state index in [0.29, 0.717) is 19.3 Å². The minimum atomic E-state index is -0.775. The Morgan fingerprint density at radius 1 is 0.263 bits per heavy atom. The topological polar surface area (TPSA) is 78.9 Å². The first-order chi connectivity index (χ1) is 39.5. The SMILES string of the molecule is CC/C=C\C/C=C\C/C=C\C/C=C\C/C=C\C/C=C\CCCCCCCCCCCCCCCCCCC(=O)OCC(COC(=O)CCCCCCC/C=C\CCC)OC(=O)CCCCCCCCCCCCCCCCCCC. The molecule has 1 atom stereocenters. The van der Waals surface area contributed by atoms with E-state index in [2.05, 4.69) is 106 Å². The van der Waals surface area contributed by atoms with Crippen LogP contribution in [0.3, 0.4) is 0 Å². The summed E-state index contributed by atoms with van der Waals surface area (Å²) >= 11 is 0. The van der Waals surface area contributed by atoms with Crippen molar-refractivity contribution in [1.29, 1.82) is 0 Å². The van der Waals surface area contributed by atoms with Gasteiger partial charge in [0.1, 0.15) is 13.2 Å². The van der Waals surface area contributed by atoms with Crippen LogP contribution in [0.2, 0.25) is 0 Å². The van der Waals surface area contributed by atoms with Crippen molar-refractivity contribution < 1.29 is 28.6 Å². The molecule has 6 nitrogen and oxygen atoms in total. The van der Waals surface area contributed by atoms with E-state index in [-0.39, 0.29) is 31.1 Å². The van der Waals surface area contributed by atoms with Crippen LogP contribution in [0, 0.1) is 0 Å².